The predicted octanol–water partition coefficient (Wildman–Crippen LogP) is 0.709. The Kier molecular flexibility index (Phi) is 3.19. The van der Waals surface area contributed by atoms with Gasteiger partial charge in [0.15, 0.2) is 0 Å². The van der Waals surface area contributed by atoms with Crippen molar-refractivity contribution < 1.29 is 9.50 Å². The fourth-order valence-electron chi connectivity index (χ4n) is 0. The lowest BCUT2D eigenvalue weighted by atomic mass is 10.8. The van der Waals surface area contributed by atoms with Gasteiger partial charge in [-0.05, 0) is 22.6 Å². The van der Waals surface area contributed by atoms with Crippen molar-refractivity contribution >= 4 is 22.6 Å². The van der Waals surface area contributed by atoms with Crippen molar-refractivity contribution in [3.63, 3.8) is 0 Å². The number of rotatable bonds is 1. The first-order valence-corrected chi connectivity index (χ1v) is 2.40. The summed E-state index contributed by atoms with van der Waals surface area (Å²) in [6.45, 7) is -0.652. The van der Waals surface area contributed by atoms with Gasteiger partial charge in [0.05, 0.1) is 0 Å². The van der Waals surface area contributed by atoms with Crippen molar-refractivity contribution in [3.05, 3.63) is 0 Å². The molecule has 1 nitrogen and oxygen atoms in total. The van der Waals surface area contributed by atoms with Gasteiger partial charge >= 0.3 is 0 Å². The predicted molar refractivity (Wildman–Crippen MR) is 26.0 cm³/mol. The van der Waals surface area contributed by atoms with E-state index < -0.39 is 10.8 Å². The molecule has 0 aliphatic heterocycles. The van der Waals surface area contributed by atoms with Gasteiger partial charge in [-0.25, -0.2) is 4.39 Å². The highest BCUT2D eigenvalue weighted by molar-refractivity contribution is 14.1. The van der Waals surface area contributed by atoms with Crippen molar-refractivity contribution in [2.24, 2.45) is 0 Å². The van der Waals surface area contributed by atoms with Gasteiger partial charge in [0.2, 0.25) is 0 Å². The molecule has 0 heterocycles. The van der Waals surface area contributed by atoms with Gasteiger partial charge in [-0.2, -0.15) is 0 Å². The third kappa shape index (κ3) is 4.62. The molecule has 0 aliphatic carbocycles. The SMILES string of the molecule is OC(I)CF. The first-order chi connectivity index (χ1) is 2.27. The maximum atomic E-state index is 10.9. The monoisotopic (exact) mass is 190 g/mol. The summed E-state index contributed by atoms with van der Waals surface area (Å²) in [5.41, 5.74) is 0. The molecule has 1 atom stereocenters. The Morgan fingerprint density at radius 2 is 2.20 bits per heavy atom. The van der Waals surface area contributed by atoms with Crippen LogP contribution >= 0.6 is 22.6 Å². The van der Waals surface area contributed by atoms with E-state index in [1.807, 2.05) is 0 Å². The minimum absolute atomic E-state index is 0.652. The van der Waals surface area contributed by atoms with Crippen molar-refractivity contribution in [1.82, 2.24) is 0 Å². The number of hydrogen-bond donors (Lipinski definition) is 1. The van der Waals surface area contributed by atoms with Crippen LogP contribution in [0, 0.1) is 0 Å². The molecule has 32 valence electrons. The van der Waals surface area contributed by atoms with Crippen LogP contribution in [0.2, 0.25) is 0 Å². The summed E-state index contributed by atoms with van der Waals surface area (Å²) in [7, 11) is 0. The zero-order valence-electron chi connectivity index (χ0n) is 2.49. The molecular formula is C2H4FIO. The van der Waals surface area contributed by atoms with Gasteiger partial charge in [0.25, 0.3) is 0 Å². The van der Waals surface area contributed by atoms with Crippen LogP contribution in [0.15, 0.2) is 0 Å². The molecule has 0 aromatic rings. The molecule has 0 fully saturated rings. The van der Waals surface area contributed by atoms with Crippen molar-refractivity contribution in [3.8, 4) is 0 Å². The molecule has 1 unspecified atom stereocenters. The highest BCUT2D eigenvalue weighted by Crippen LogP contribution is 1.92. The summed E-state index contributed by atoms with van der Waals surface area (Å²) in [4.78, 5) is 0. The number of halogens is 2. The van der Waals surface area contributed by atoms with E-state index in [4.69, 9.17) is 5.11 Å². The lowest BCUT2D eigenvalue weighted by Crippen LogP contribution is -1.93. The minimum atomic E-state index is -0.812. The van der Waals surface area contributed by atoms with E-state index >= 15 is 0 Å². The second kappa shape index (κ2) is 2.84. The Morgan fingerprint density at radius 1 is 2.00 bits per heavy atom. The number of hydrogen-bond acceptors (Lipinski definition) is 1. The topological polar surface area (TPSA) is 20.2 Å². The fraction of sp³-hybridized carbons (Fsp3) is 1.00. The molecular weight excluding hydrogens is 186 g/mol. The molecule has 0 saturated heterocycles. The zero-order chi connectivity index (χ0) is 4.28. The minimum Gasteiger partial charge on any atom is -0.380 e. The molecule has 0 bridgehead atoms. The molecule has 0 rings (SSSR count). The molecule has 0 saturated carbocycles. The summed E-state index contributed by atoms with van der Waals surface area (Å²) in [5.74, 6) is 0. The highest BCUT2D eigenvalue weighted by Gasteiger charge is 1.88. The Morgan fingerprint density at radius 3 is 2.20 bits per heavy atom. The van der Waals surface area contributed by atoms with Crippen LogP contribution in [-0.2, 0) is 0 Å². The third-order valence-corrected chi connectivity index (χ3v) is 0.460. The fourth-order valence-corrected chi connectivity index (χ4v) is 0. The maximum absolute atomic E-state index is 10.9. The van der Waals surface area contributed by atoms with E-state index in [2.05, 4.69) is 0 Å². The largest absolute Gasteiger partial charge is 0.380 e. The number of aliphatic hydroxyl groups excluding tert-OH is 1. The van der Waals surface area contributed by atoms with E-state index in [1.54, 1.807) is 22.6 Å². The molecule has 5 heavy (non-hydrogen) atoms. The quantitative estimate of drug-likeness (QED) is 0.476. The van der Waals surface area contributed by atoms with Crippen molar-refractivity contribution in [2.45, 2.75) is 4.11 Å². The Bertz CT molecular complexity index is 23.6. The second-order valence-corrected chi connectivity index (χ2v) is 2.03. The number of aliphatic hydroxyl groups is 1. The summed E-state index contributed by atoms with van der Waals surface area (Å²) in [6, 6.07) is 0. The summed E-state index contributed by atoms with van der Waals surface area (Å²) in [5, 5.41) is 7.97. The molecule has 0 radical (unpaired) electrons. The maximum Gasteiger partial charge on any atom is 0.133 e. The molecule has 0 aromatic carbocycles. The van der Waals surface area contributed by atoms with E-state index in [9.17, 15) is 4.39 Å². The summed E-state index contributed by atoms with van der Waals surface area (Å²) < 4.78 is 10.0. The zero-order valence-corrected chi connectivity index (χ0v) is 4.65. The molecule has 1 N–H and O–H groups in total. The van der Waals surface area contributed by atoms with Gasteiger partial charge in [-0.15, -0.1) is 0 Å². The van der Waals surface area contributed by atoms with E-state index in [1.165, 1.54) is 0 Å². The average Bonchev–Trinajstić information content (AvgIpc) is 1.38. The molecule has 0 aliphatic rings. The van der Waals surface area contributed by atoms with Gasteiger partial charge in [-0.3, -0.25) is 0 Å². The van der Waals surface area contributed by atoms with Gasteiger partial charge in [0, 0.05) is 0 Å². The Hall–Kier alpha value is 0.620. The molecule has 0 aromatic heterocycles. The first-order valence-electron chi connectivity index (χ1n) is 1.15. The third-order valence-electron chi connectivity index (χ3n) is 0.127. The lowest BCUT2D eigenvalue weighted by Gasteiger charge is -1.85. The van der Waals surface area contributed by atoms with Crippen LogP contribution < -0.4 is 0 Å². The molecule has 3 heteroatoms. The van der Waals surface area contributed by atoms with E-state index in [0.717, 1.165) is 0 Å². The average molecular weight is 190 g/mol. The first kappa shape index (κ1) is 5.62. The highest BCUT2D eigenvalue weighted by atomic mass is 127. The normalized spacial score (nSPS) is 15.0. The Balaban J connectivity index is 2.54. The molecule has 0 amide bonds. The van der Waals surface area contributed by atoms with Gasteiger partial charge in [-0.1, -0.05) is 0 Å². The van der Waals surface area contributed by atoms with Crippen molar-refractivity contribution in [2.75, 3.05) is 6.67 Å². The Labute approximate surface area is 43.3 Å². The van der Waals surface area contributed by atoms with Crippen LogP contribution in [0.25, 0.3) is 0 Å². The van der Waals surface area contributed by atoms with Gasteiger partial charge < -0.3 is 5.11 Å². The van der Waals surface area contributed by atoms with Crippen LogP contribution in [0.5, 0.6) is 0 Å². The number of alkyl halides is 2. The summed E-state index contributed by atoms with van der Waals surface area (Å²) >= 11 is 1.59. The molecule has 0 spiro atoms. The van der Waals surface area contributed by atoms with Crippen molar-refractivity contribution in [1.29, 1.82) is 0 Å². The smallest absolute Gasteiger partial charge is 0.133 e. The van der Waals surface area contributed by atoms with E-state index in [0.29, 0.717) is 0 Å². The lowest BCUT2D eigenvalue weighted by molar-refractivity contribution is 0.235. The van der Waals surface area contributed by atoms with Crippen LogP contribution in [0.1, 0.15) is 0 Å². The van der Waals surface area contributed by atoms with Crippen LogP contribution in [0.4, 0.5) is 4.39 Å². The second-order valence-electron chi connectivity index (χ2n) is 0.589. The summed E-state index contributed by atoms with van der Waals surface area (Å²) in [6.07, 6.45) is 0. The van der Waals surface area contributed by atoms with Gasteiger partial charge in [0.1, 0.15) is 10.8 Å². The van der Waals surface area contributed by atoms with E-state index in [-0.39, 0.29) is 0 Å². The van der Waals surface area contributed by atoms with Crippen LogP contribution in [-0.4, -0.2) is 15.9 Å². The standard InChI is InChI=1S/C2H4FIO/c3-1-2(4)5/h2,5H,1H2. The van der Waals surface area contributed by atoms with Crippen LogP contribution in [0.3, 0.4) is 0 Å².